The van der Waals surface area contributed by atoms with E-state index in [1.807, 2.05) is 13.0 Å². The van der Waals surface area contributed by atoms with Crippen molar-refractivity contribution in [2.24, 2.45) is 11.8 Å². The molecule has 6 nitrogen and oxygen atoms in total. The Hall–Kier alpha value is -2.13. The molecular weight excluding hydrogens is 306 g/mol. The van der Waals surface area contributed by atoms with Crippen molar-refractivity contribution in [2.45, 2.75) is 46.1 Å². The van der Waals surface area contributed by atoms with Crippen molar-refractivity contribution in [2.75, 3.05) is 13.1 Å². The van der Waals surface area contributed by atoms with E-state index in [0.717, 1.165) is 6.42 Å². The summed E-state index contributed by atoms with van der Waals surface area (Å²) >= 11 is 0. The highest BCUT2D eigenvalue weighted by Crippen LogP contribution is 2.33. The highest BCUT2D eigenvalue weighted by atomic mass is 16.3. The molecule has 1 aromatic heterocycles. The number of nitrogens with one attached hydrogen (secondary N) is 1. The molecule has 1 unspecified atom stereocenters. The summed E-state index contributed by atoms with van der Waals surface area (Å²) in [5.74, 6) is 0.231. The Balaban J connectivity index is 2.28. The molecule has 1 saturated heterocycles. The van der Waals surface area contributed by atoms with E-state index in [2.05, 4.69) is 18.8 Å². The minimum Gasteiger partial charge on any atom is -0.390 e. The van der Waals surface area contributed by atoms with Gasteiger partial charge in [-0.15, -0.1) is 0 Å². The third-order valence-electron chi connectivity index (χ3n) is 4.84. The summed E-state index contributed by atoms with van der Waals surface area (Å²) in [5.41, 5.74) is -0.519. The molecule has 1 aliphatic heterocycles. The molecule has 130 valence electrons. The molecule has 1 amide bonds. The Kier molecular flexibility index (Phi) is 5.14. The van der Waals surface area contributed by atoms with Gasteiger partial charge in [0, 0.05) is 24.7 Å². The number of piperidine rings is 1. The number of carbonyl (C=O) groups excluding carboxylic acids is 1. The summed E-state index contributed by atoms with van der Waals surface area (Å²) < 4.78 is 0. The second-order valence-corrected chi connectivity index (χ2v) is 7.35. The Morgan fingerprint density at radius 3 is 2.83 bits per heavy atom. The van der Waals surface area contributed by atoms with Crippen molar-refractivity contribution >= 4 is 5.91 Å². The Morgan fingerprint density at radius 1 is 1.58 bits per heavy atom. The molecule has 2 N–H and O–H groups in total. The molecule has 0 aromatic carbocycles. The molecular formula is C18H25N3O3. The summed E-state index contributed by atoms with van der Waals surface area (Å²) in [4.78, 5) is 28.8. The van der Waals surface area contributed by atoms with Crippen LogP contribution in [0.1, 0.15) is 55.2 Å². The number of nitriles is 1. The second-order valence-electron chi connectivity index (χ2n) is 7.35. The summed E-state index contributed by atoms with van der Waals surface area (Å²) in [6, 6.07) is 3.18. The molecule has 0 radical (unpaired) electrons. The van der Waals surface area contributed by atoms with Crippen LogP contribution < -0.4 is 5.56 Å². The Bertz CT molecular complexity index is 728. The molecule has 0 spiro atoms. The number of aromatic nitrogens is 1. The molecule has 6 heteroatoms. The molecule has 1 aliphatic rings. The van der Waals surface area contributed by atoms with Crippen LogP contribution in [-0.2, 0) is 0 Å². The molecule has 0 bridgehead atoms. The number of aryl methyl sites for hydroxylation is 1. The van der Waals surface area contributed by atoms with E-state index in [4.69, 9.17) is 5.26 Å². The zero-order valence-corrected chi connectivity index (χ0v) is 14.7. The number of nitrogens with zero attached hydrogens (tertiary/aromatic N) is 2. The average Bonchev–Trinajstić information content (AvgIpc) is 2.48. The standard InChI is InChI=1S/C18H25N3O3/c1-11(2)7-14-10-21(6-5-18(14,4)24)17(23)15-8-13(9-19)16(22)20-12(15)3/h8,11,14,24H,5-7,10H2,1-4H3,(H,20,22)/t14?,18-/m1/s1. The van der Waals surface area contributed by atoms with Crippen LogP contribution in [0.2, 0.25) is 0 Å². The lowest BCUT2D eigenvalue weighted by Gasteiger charge is -2.43. The first-order valence-electron chi connectivity index (χ1n) is 8.31. The molecule has 1 aromatic rings. The summed E-state index contributed by atoms with van der Waals surface area (Å²) in [6.45, 7) is 8.62. The van der Waals surface area contributed by atoms with Gasteiger partial charge in [-0.25, -0.2) is 0 Å². The monoisotopic (exact) mass is 331 g/mol. The fourth-order valence-corrected chi connectivity index (χ4v) is 3.30. The van der Waals surface area contributed by atoms with Crippen LogP contribution >= 0.6 is 0 Å². The maximum atomic E-state index is 12.9. The number of likely N-dealkylation sites (tertiary alicyclic amines) is 1. The van der Waals surface area contributed by atoms with Crippen LogP contribution in [0.4, 0.5) is 0 Å². The predicted molar refractivity (Wildman–Crippen MR) is 90.6 cm³/mol. The van der Waals surface area contributed by atoms with Gasteiger partial charge in [-0.1, -0.05) is 13.8 Å². The fraction of sp³-hybridized carbons (Fsp3) is 0.611. The van der Waals surface area contributed by atoms with E-state index >= 15 is 0 Å². The van der Waals surface area contributed by atoms with Crippen LogP contribution in [0.5, 0.6) is 0 Å². The highest BCUT2D eigenvalue weighted by molar-refractivity contribution is 5.95. The number of carbonyl (C=O) groups is 1. The third kappa shape index (κ3) is 3.68. The van der Waals surface area contributed by atoms with Gasteiger partial charge in [-0.05, 0) is 38.7 Å². The minimum absolute atomic E-state index is 0.00806. The average molecular weight is 331 g/mol. The molecule has 1 fully saturated rings. The quantitative estimate of drug-likeness (QED) is 0.882. The zero-order valence-electron chi connectivity index (χ0n) is 14.7. The van der Waals surface area contributed by atoms with E-state index in [-0.39, 0.29) is 17.4 Å². The van der Waals surface area contributed by atoms with Crippen molar-refractivity contribution in [3.05, 3.63) is 33.2 Å². The molecule has 0 aliphatic carbocycles. The lowest BCUT2D eigenvalue weighted by molar-refractivity contribution is -0.0577. The van der Waals surface area contributed by atoms with Gasteiger partial charge in [0.1, 0.15) is 11.6 Å². The largest absolute Gasteiger partial charge is 0.390 e. The van der Waals surface area contributed by atoms with Gasteiger partial charge in [-0.3, -0.25) is 9.59 Å². The normalized spacial score (nSPS) is 24.0. The van der Waals surface area contributed by atoms with E-state index in [1.54, 1.807) is 11.8 Å². The number of H-pyrrole nitrogens is 1. The van der Waals surface area contributed by atoms with Crippen molar-refractivity contribution in [1.29, 1.82) is 5.26 Å². The number of amides is 1. The van der Waals surface area contributed by atoms with Crippen molar-refractivity contribution in [3.8, 4) is 6.07 Å². The Morgan fingerprint density at radius 2 is 2.25 bits per heavy atom. The smallest absolute Gasteiger partial charge is 0.266 e. The minimum atomic E-state index is -0.779. The summed E-state index contributed by atoms with van der Waals surface area (Å²) in [6.07, 6.45) is 1.36. The summed E-state index contributed by atoms with van der Waals surface area (Å²) in [7, 11) is 0. The van der Waals surface area contributed by atoms with E-state index in [9.17, 15) is 14.7 Å². The van der Waals surface area contributed by atoms with Crippen LogP contribution in [0.15, 0.2) is 10.9 Å². The number of pyridine rings is 1. The van der Waals surface area contributed by atoms with Crippen LogP contribution in [0, 0.1) is 30.1 Å². The van der Waals surface area contributed by atoms with Gasteiger partial charge in [0.25, 0.3) is 11.5 Å². The van der Waals surface area contributed by atoms with Crippen molar-refractivity contribution in [1.82, 2.24) is 9.88 Å². The SMILES string of the molecule is Cc1[nH]c(=O)c(C#N)cc1C(=O)N1CC[C@@](C)(O)C(CC(C)C)C1. The molecule has 0 saturated carbocycles. The maximum Gasteiger partial charge on any atom is 0.266 e. The van der Waals surface area contributed by atoms with E-state index in [0.29, 0.717) is 36.7 Å². The van der Waals surface area contributed by atoms with Crippen molar-refractivity contribution < 1.29 is 9.90 Å². The fourth-order valence-electron chi connectivity index (χ4n) is 3.30. The third-order valence-corrected chi connectivity index (χ3v) is 4.84. The second kappa shape index (κ2) is 6.78. The number of aliphatic hydroxyl groups is 1. The number of rotatable bonds is 3. The van der Waals surface area contributed by atoms with Gasteiger partial charge in [0.15, 0.2) is 0 Å². The lowest BCUT2D eigenvalue weighted by atomic mass is 9.78. The topological polar surface area (TPSA) is 97.2 Å². The van der Waals surface area contributed by atoms with Gasteiger partial charge in [-0.2, -0.15) is 5.26 Å². The van der Waals surface area contributed by atoms with Crippen molar-refractivity contribution in [3.63, 3.8) is 0 Å². The van der Waals surface area contributed by atoms with Crippen LogP contribution in [0.3, 0.4) is 0 Å². The first-order chi connectivity index (χ1) is 11.2. The van der Waals surface area contributed by atoms with Gasteiger partial charge < -0.3 is 15.0 Å². The predicted octanol–water partition coefficient (Wildman–Crippen LogP) is 1.81. The molecule has 2 heterocycles. The maximum absolute atomic E-state index is 12.9. The molecule has 24 heavy (non-hydrogen) atoms. The lowest BCUT2D eigenvalue weighted by Crippen LogP contribution is -2.52. The van der Waals surface area contributed by atoms with Gasteiger partial charge >= 0.3 is 0 Å². The number of hydrogen-bond donors (Lipinski definition) is 2. The van der Waals surface area contributed by atoms with E-state index in [1.165, 1.54) is 6.07 Å². The molecule has 2 atom stereocenters. The Labute approximate surface area is 142 Å². The number of hydrogen-bond acceptors (Lipinski definition) is 4. The van der Waals surface area contributed by atoms with Gasteiger partial charge in [0.2, 0.25) is 0 Å². The van der Waals surface area contributed by atoms with Crippen LogP contribution in [-0.4, -0.2) is 39.6 Å². The number of aromatic amines is 1. The molecule has 2 rings (SSSR count). The van der Waals surface area contributed by atoms with E-state index < -0.39 is 11.2 Å². The van der Waals surface area contributed by atoms with Gasteiger partial charge in [0.05, 0.1) is 11.2 Å². The summed E-state index contributed by atoms with van der Waals surface area (Å²) in [5, 5.41) is 19.6. The first kappa shape index (κ1) is 18.2. The first-order valence-corrected chi connectivity index (χ1v) is 8.31. The zero-order chi connectivity index (χ0) is 18.1. The highest BCUT2D eigenvalue weighted by Gasteiger charge is 2.39. The van der Waals surface area contributed by atoms with Crippen LogP contribution in [0.25, 0.3) is 0 Å².